The molecule has 4 aromatic rings. The van der Waals surface area contributed by atoms with Crippen molar-refractivity contribution >= 4 is 51.2 Å². The van der Waals surface area contributed by atoms with Gasteiger partial charge in [-0.3, -0.25) is 19.7 Å². The van der Waals surface area contributed by atoms with E-state index in [0.717, 1.165) is 6.33 Å². The lowest BCUT2D eigenvalue weighted by Crippen LogP contribution is -2.12. The highest BCUT2D eigenvalue weighted by molar-refractivity contribution is 6.34. The lowest BCUT2D eigenvalue weighted by molar-refractivity contribution is -0.383. The Hall–Kier alpha value is -4.24. The molecule has 0 atom stereocenters. The van der Waals surface area contributed by atoms with Crippen molar-refractivity contribution in [2.75, 3.05) is 10.6 Å². The maximum atomic E-state index is 12.5. The van der Waals surface area contributed by atoms with E-state index < -0.39 is 10.5 Å². The lowest BCUT2D eigenvalue weighted by atomic mass is 10.1. The number of non-ortho nitro benzene ring substituents is 1. The number of nitro groups is 1. The van der Waals surface area contributed by atoms with Crippen molar-refractivity contribution in [3.63, 3.8) is 0 Å². The summed E-state index contributed by atoms with van der Waals surface area (Å²) in [5.41, 5.74) is 0.906. The summed E-state index contributed by atoms with van der Waals surface area (Å²) in [6.45, 7) is 0. The van der Waals surface area contributed by atoms with Gasteiger partial charge < -0.3 is 15.6 Å². The molecule has 154 valence electrons. The molecule has 0 saturated heterocycles. The van der Waals surface area contributed by atoms with Crippen LogP contribution in [0.3, 0.4) is 0 Å². The number of anilines is 3. The Morgan fingerprint density at radius 3 is 2.61 bits per heavy atom. The van der Waals surface area contributed by atoms with E-state index in [1.807, 2.05) is 0 Å². The number of aromatic nitrogens is 2. The van der Waals surface area contributed by atoms with Crippen LogP contribution in [0.15, 0.2) is 71.8 Å². The quantitative estimate of drug-likeness (QED) is 0.313. The summed E-state index contributed by atoms with van der Waals surface area (Å²) in [6.07, 6.45) is 1.12. The van der Waals surface area contributed by atoms with Gasteiger partial charge in [0.05, 0.1) is 32.9 Å². The predicted molar refractivity (Wildman–Crippen MR) is 118 cm³/mol. The highest BCUT2D eigenvalue weighted by Gasteiger charge is 2.18. The number of carbonyl (C=O) groups excluding carboxylic acids is 1. The maximum absolute atomic E-state index is 12.5. The summed E-state index contributed by atoms with van der Waals surface area (Å²) in [7, 11) is 0. The number of nitro benzene ring substituents is 1. The first-order chi connectivity index (χ1) is 14.9. The van der Waals surface area contributed by atoms with Gasteiger partial charge in [0.15, 0.2) is 5.52 Å². The highest BCUT2D eigenvalue weighted by atomic mass is 35.5. The van der Waals surface area contributed by atoms with Crippen molar-refractivity contribution < 1.29 is 9.72 Å². The zero-order chi connectivity index (χ0) is 22.0. The molecule has 1 heterocycles. The van der Waals surface area contributed by atoms with Gasteiger partial charge in [-0.2, -0.15) is 0 Å². The molecule has 9 nitrogen and oxygen atoms in total. The summed E-state index contributed by atoms with van der Waals surface area (Å²) in [5.74, 6) is -0.371. The van der Waals surface area contributed by atoms with Gasteiger partial charge in [-0.1, -0.05) is 29.8 Å². The minimum atomic E-state index is -0.594. The number of benzene rings is 3. The highest BCUT2D eigenvalue weighted by Crippen LogP contribution is 2.30. The lowest BCUT2D eigenvalue weighted by Gasteiger charge is -2.11. The summed E-state index contributed by atoms with van der Waals surface area (Å²) in [6, 6.07) is 16.2. The molecule has 0 aliphatic heterocycles. The van der Waals surface area contributed by atoms with Crippen molar-refractivity contribution in [1.29, 1.82) is 0 Å². The molecule has 3 aromatic carbocycles. The van der Waals surface area contributed by atoms with Crippen molar-refractivity contribution in [3.8, 4) is 0 Å². The van der Waals surface area contributed by atoms with E-state index in [1.54, 1.807) is 48.5 Å². The second-order valence-corrected chi connectivity index (χ2v) is 6.89. The monoisotopic (exact) mass is 435 g/mol. The molecule has 1 aromatic heterocycles. The molecule has 1 amide bonds. The Labute approximate surface area is 179 Å². The van der Waals surface area contributed by atoms with E-state index in [2.05, 4.69) is 20.6 Å². The zero-order valence-electron chi connectivity index (χ0n) is 15.8. The van der Waals surface area contributed by atoms with Crippen LogP contribution < -0.4 is 16.2 Å². The van der Waals surface area contributed by atoms with Gasteiger partial charge in [0.2, 0.25) is 0 Å². The third kappa shape index (κ3) is 4.07. The Bertz CT molecular complexity index is 1390. The Morgan fingerprint density at radius 1 is 1.06 bits per heavy atom. The molecular formula is C21H14ClN5O4. The topological polar surface area (TPSA) is 130 Å². The first-order valence-electron chi connectivity index (χ1n) is 9.02. The molecular weight excluding hydrogens is 422 g/mol. The number of nitrogens with one attached hydrogen (secondary N) is 3. The normalized spacial score (nSPS) is 10.6. The van der Waals surface area contributed by atoms with Gasteiger partial charge in [0, 0.05) is 17.4 Å². The van der Waals surface area contributed by atoms with E-state index >= 15 is 0 Å². The van der Waals surface area contributed by atoms with Gasteiger partial charge in [-0.15, -0.1) is 0 Å². The van der Waals surface area contributed by atoms with E-state index in [-0.39, 0.29) is 22.5 Å². The number of fused-ring (bicyclic) bond motifs is 1. The molecule has 31 heavy (non-hydrogen) atoms. The molecule has 0 aliphatic rings. The van der Waals surface area contributed by atoms with Crippen molar-refractivity contribution in [2.45, 2.75) is 0 Å². The van der Waals surface area contributed by atoms with Crippen molar-refractivity contribution in [2.24, 2.45) is 0 Å². The van der Waals surface area contributed by atoms with Crippen LogP contribution in [0.2, 0.25) is 5.02 Å². The Morgan fingerprint density at radius 2 is 1.84 bits per heavy atom. The standard InChI is InChI=1S/C21H14ClN5O4/c22-15-7-2-1-6-14(15)20(28)26-13-5-3-4-12(10-13)25-16-8-9-17(27(30)31)19-18(16)21(29)24-11-23-19/h1-11,25H,(H,26,28)(H,23,24,29). The maximum Gasteiger partial charge on any atom is 0.295 e. The zero-order valence-corrected chi connectivity index (χ0v) is 16.5. The number of nitrogens with zero attached hydrogens (tertiary/aromatic N) is 2. The van der Waals surface area contributed by atoms with Gasteiger partial charge in [-0.25, -0.2) is 4.98 Å². The fraction of sp³-hybridized carbons (Fsp3) is 0. The average molecular weight is 436 g/mol. The molecule has 4 rings (SSSR count). The third-order valence-corrected chi connectivity index (χ3v) is 4.82. The SMILES string of the molecule is O=C(Nc1cccc(Nc2ccc([N+](=O)[O-])c3nc[nH]c(=O)c23)c1)c1ccccc1Cl. The number of hydrogen-bond acceptors (Lipinski definition) is 6. The van der Waals surface area contributed by atoms with Crippen LogP contribution in [-0.4, -0.2) is 20.8 Å². The average Bonchev–Trinajstić information content (AvgIpc) is 2.74. The third-order valence-electron chi connectivity index (χ3n) is 4.49. The summed E-state index contributed by atoms with van der Waals surface area (Å²) in [5, 5.41) is 17.5. The first-order valence-corrected chi connectivity index (χ1v) is 9.39. The Balaban J connectivity index is 1.66. The molecule has 3 N–H and O–H groups in total. The van der Waals surface area contributed by atoms with Crippen LogP contribution in [0.4, 0.5) is 22.7 Å². The minimum Gasteiger partial charge on any atom is -0.355 e. The van der Waals surface area contributed by atoms with Crippen molar-refractivity contribution in [1.82, 2.24) is 9.97 Å². The number of halogens is 1. The molecule has 0 radical (unpaired) electrons. The molecule has 0 unspecified atom stereocenters. The fourth-order valence-corrected chi connectivity index (χ4v) is 3.32. The number of H-pyrrole nitrogens is 1. The number of aromatic amines is 1. The second-order valence-electron chi connectivity index (χ2n) is 6.48. The summed E-state index contributed by atoms with van der Waals surface area (Å²) >= 11 is 6.07. The molecule has 0 spiro atoms. The predicted octanol–water partition coefficient (Wildman–Crippen LogP) is 4.48. The van der Waals surface area contributed by atoms with Crippen LogP contribution in [0.1, 0.15) is 10.4 Å². The molecule has 10 heteroatoms. The van der Waals surface area contributed by atoms with Crippen molar-refractivity contribution in [3.05, 3.63) is 98.0 Å². The summed E-state index contributed by atoms with van der Waals surface area (Å²) < 4.78 is 0. The number of carbonyl (C=O) groups is 1. The number of rotatable bonds is 5. The van der Waals surface area contributed by atoms with Crippen LogP contribution in [-0.2, 0) is 0 Å². The number of amides is 1. The van der Waals surface area contributed by atoms with Gasteiger partial charge in [0.1, 0.15) is 0 Å². The van der Waals surface area contributed by atoms with Crippen LogP contribution in [0, 0.1) is 10.1 Å². The first kappa shape index (κ1) is 20.0. The van der Waals surface area contributed by atoms with Gasteiger partial charge >= 0.3 is 0 Å². The number of hydrogen-bond donors (Lipinski definition) is 3. The van der Waals surface area contributed by atoms with Gasteiger partial charge in [0.25, 0.3) is 17.2 Å². The van der Waals surface area contributed by atoms with Crippen LogP contribution >= 0.6 is 11.6 Å². The van der Waals surface area contributed by atoms with E-state index in [0.29, 0.717) is 27.6 Å². The molecule has 0 bridgehead atoms. The fourth-order valence-electron chi connectivity index (χ4n) is 3.09. The van der Waals surface area contributed by atoms with E-state index in [9.17, 15) is 19.7 Å². The van der Waals surface area contributed by atoms with E-state index in [1.165, 1.54) is 12.1 Å². The smallest absolute Gasteiger partial charge is 0.295 e. The van der Waals surface area contributed by atoms with E-state index in [4.69, 9.17) is 11.6 Å². The molecule has 0 aliphatic carbocycles. The second kappa shape index (κ2) is 8.25. The van der Waals surface area contributed by atoms with Crippen LogP contribution in [0.5, 0.6) is 0 Å². The van der Waals surface area contributed by atoms with Crippen LogP contribution in [0.25, 0.3) is 10.9 Å². The Kier molecular flexibility index (Phi) is 5.33. The largest absolute Gasteiger partial charge is 0.355 e. The summed E-state index contributed by atoms with van der Waals surface area (Å²) in [4.78, 5) is 41.9. The van der Waals surface area contributed by atoms with Gasteiger partial charge in [-0.05, 0) is 36.4 Å². The minimum absolute atomic E-state index is 0.0260. The molecule has 0 fully saturated rings. The molecule has 0 saturated carbocycles.